The molecule has 0 radical (unpaired) electrons. The first-order chi connectivity index (χ1) is 8.49. The minimum absolute atomic E-state index is 0.300. The Morgan fingerprint density at radius 1 is 1.50 bits per heavy atom. The van der Waals surface area contributed by atoms with Crippen molar-refractivity contribution in [1.29, 1.82) is 0 Å². The van der Waals surface area contributed by atoms with E-state index >= 15 is 0 Å². The van der Waals surface area contributed by atoms with E-state index in [1.165, 1.54) is 0 Å². The van der Waals surface area contributed by atoms with Crippen LogP contribution in [0, 0.1) is 6.92 Å². The van der Waals surface area contributed by atoms with E-state index in [2.05, 4.69) is 20.7 Å². The largest absolute Gasteiger partial charge is 0.380 e. The molecule has 1 unspecified atom stereocenters. The zero-order valence-corrected chi connectivity index (χ0v) is 12.6. The van der Waals surface area contributed by atoms with Crippen LogP contribution in [0.15, 0.2) is 22.7 Å². The van der Waals surface area contributed by atoms with Crippen molar-refractivity contribution in [2.45, 2.75) is 25.1 Å². The van der Waals surface area contributed by atoms with Gasteiger partial charge < -0.3 is 4.74 Å². The molecule has 6 heteroatoms. The molecule has 0 aromatic heterocycles. The minimum Gasteiger partial charge on any atom is -0.380 e. The molecule has 1 fully saturated rings. The van der Waals surface area contributed by atoms with Gasteiger partial charge in [-0.25, -0.2) is 13.1 Å². The van der Waals surface area contributed by atoms with Crippen LogP contribution in [0.25, 0.3) is 0 Å². The van der Waals surface area contributed by atoms with Crippen molar-refractivity contribution in [3.8, 4) is 0 Å². The maximum atomic E-state index is 12.0. The number of halogens is 1. The van der Waals surface area contributed by atoms with Gasteiger partial charge in [0.15, 0.2) is 0 Å². The summed E-state index contributed by atoms with van der Waals surface area (Å²) in [6, 6.07) is 5.81. The second-order valence-electron chi connectivity index (χ2n) is 4.42. The highest BCUT2D eigenvalue weighted by Crippen LogP contribution is 2.17. The lowest BCUT2D eigenvalue weighted by Gasteiger charge is -2.12. The second kappa shape index (κ2) is 5.69. The molecular weight excluding hydrogens is 318 g/mol. The Morgan fingerprint density at radius 2 is 2.28 bits per heavy atom. The first-order valence-electron chi connectivity index (χ1n) is 5.80. The highest BCUT2D eigenvalue weighted by atomic mass is 79.9. The van der Waals surface area contributed by atoms with Crippen molar-refractivity contribution < 1.29 is 13.2 Å². The van der Waals surface area contributed by atoms with Crippen LogP contribution in [0.3, 0.4) is 0 Å². The van der Waals surface area contributed by atoms with E-state index in [1.54, 1.807) is 0 Å². The summed E-state index contributed by atoms with van der Waals surface area (Å²) in [5.74, 6) is 0. The van der Waals surface area contributed by atoms with Gasteiger partial charge in [0.25, 0.3) is 0 Å². The quantitative estimate of drug-likeness (QED) is 0.916. The summed E-state index contributed by atoms with van der Waals surface area (Å²) in [4.78, 5) is 0. The molecule has 18 heavy (non-hydrogen) atoms. The summed E-state index contributed by atoms with van der Waals surface area (Å²) in [7, 11) is -3.27. The van der Waals surface area contributed by atoms with E-state index in [1.807, 2.05) is 25.1 Å². The van der Waals surface area contributed by atoms with Gasteiger partial charge in [0.05, 0.1) is 6.61 Å². The van der Waals surface area contributed by atoms with Crippen molar-refractivity contribution in [2.24, 2.45) is 0 Å². The molecule has 1 saturated heterocycles. The SMILES string of the molecule is Cc1cc(Br)ccc1CNS(=O)(=O)C1CCOC1. The van der Waals surface area contributed by atoms with Crippen LogP contribution in [0.2, 0.25) is 0 Å². The van der Waals surface area contributed by atoms with Crippen molar-refractivity contribution >= 4 is 26.0 Å². The Morgan fingerprint density at radius 3 is 2.89 bits per heavy atom. The van der Waals surface area contributed by atoms with Crippen LogP contribution in [0.4, 0.5) is 0 Å². The zero-order valence-electron chi connectivity index (χ0n) is 10.1. The molecule has 0 aliphatic carbocycles. The predicted octanol–water partition coefficient (Wildman–Crippen LogP) is 1.97. The van der Waals surface area contributed by atoms with E-state index in [0.29, 0.717) is 26.2 Å². The van der Waals surface area contributed by atoms with Crippen molar-refractivity contribution in [3.05, 3.63) is 33.8 Å². The number of hydrogen-bond acceptors (Lipinski definition) is 3. The lowest BCUT2D eigenvalue weighted by molar-refractivity contribution is 0.198. The van der Waals surface area contributed by atoms with E-state index < -0.39 is 15.3 Å². The standard InChI is InChI=1S/C12H16BrNO3S/c1-9-6-11(13)3-2-10(9)7-14-18(15,16)12-4-5-17-8-12/h2-3,6,12,14H,4-5,7-8H2,1H3. The van der Waals surface area contributed by atoms with E-state index in [0.717, 1.165) is 15.6 Å². The Kier molecular flexibility index (Phi) is 4.42. The third kappa shape index (κ3) is 3.32. The van der Waals surface area contributed by atoms with Gasteiger partial charge in [0.1, 0.15) is 5.25 Å². The topological polar surface area (TPSA) is 55.4 Å². The average Bonchev–Trinajstić information content (AvgIpc) is 2.82. The van der Waals surface area contributed by atoms with E-state index in [9.17, 15) is 8.42 Å². The van der Waals surface area contributed by atoms with Crippen molar-refractivity contribution in [1.82, 2.24) is 4.72 Å². The fourth-order valence-electron chi connectivity index (χ4n) is 1.91. The van der Waals surface area contributed by atoms with Gasteiger partial charge in [-0.1, -0.05) is 22.0 Å². The van der Waals surface area contributed by atoms with Gasteiger partial charge in [-0.3, -0.25) is 0 Å². The average molecular weight is 334 g/mol. The minimum atomic E-state index is -3.27. The zero-order chi connectivity index (χ0) is 13.2. The molecule has 1 aliphatic heterocycles. The van der Waals surface area contributed by atoms with Gasteiger partial charge in [-0.05, 0) is 36.6 Å². The van der Waals surface area contributed by atoms with Crippen molar-refractivity contribution in [2.75, 3.05) is 13.2 Å². The molecule has 2 rings (SSSR count). The normalized spacial score (nSPS) is 20.2. The van der Waals surface area contributed by atoms with Crippen LogP contribution >= 0.6 is 15.9 Å². The molecule has 0 saturated carbocycles. The Hall–Kier alpha value is -0.430. The molecule has 0 amide bonds. The molecule has 1 aromatic rings. The van der Waals surface area contributed by atoms with Crippen LogP contribution in [0.5, 0.6) is 0 Å². The molecule has 0 spiro atoms. The van der Waals surface area contributed by atoms with Gasteiger partial charge in [0, 0.05) is 17.6 Å². The monoisotopic (exact) mass is 333 g/mol. The first-order valence-corrected chi connectivity index (χ1v) is 8.14. The summed E-state index contributed by atoms with van der Waals surface area (Å²) in [5.41, 5.74) is 2.05. The second-order valence-corrected chi connectivity index (χ2v) is 7.38. The van der Waals surface area contributed by atoms with E-state index in [4.69, 9.17) is 4.74 Å². The molecule has 100 valence electrons. The molecule has 0 bridgehead atoms. The number of benzene rings is 1. The highest BCUT2D eigenvalue weighted by Gasteiger charge is 2.29. The van der Waals surface area contributed by atoms with Gasteiger partial charge in [-0.15, -0.1) is 0 Å². The molecule has 1 aliphatic rings. The summed E-state index contributed by atoms with van der Waals surface area (Å²) in [6.07, 6.45) is 0.578. The molecule has 1 heterocycles. The maximum absolute atomic E-state index is 12.0. The number of nitrogens with one attached hydrogen (secondary N) is 1. The van der Waals surface area contributed by atoms with Gasteiger partial charge in [-0.2, -0.15) is 0 Å². The number of aryl methyl sites for hydroxylation is 1. The summed E-state index contributed by atoms with van der Waals surface area (Å²) in [5, 5.41) is -0.409. The maximum Gasteiger partial charge on any atom is 0.217 e. The smallest absolute Gasteiger partial charge is 0.217 e. The fraction of sp³-hybridized carbons (Fsp3) is 0.500. The number of ether oxygens (including phenoxy) is 1. The Balaban J connectivity index is 2.02. The molecule has 4 nitrogen and oxygen atoms in total. The predicted molar refractivity (Wildman–Crippen MR) is 73.9 cm³/mol. The molecule has 1 aromatic carbocycles. The fourth-order valence-corrected chi connectivity index (χ4v) is 3.66. The summed E-state index contributed by atoms with van der Waals surface area (Å²) >= 11 is 3.39. The molecule has 1 atom stereocenters. The Bertz CT molecular complexity index is 524. The summed E-state index contributed by atoms with van der Waals surface area (Å²) in [6.45, 7) is 3.13. The van der Waals surface area contributed by atoms with Crippen LogP contribution < -0.4 is 4.72 Å². The first kappa shape index (κ1) is 14.0. The van der Waals surface area contributed by atoms with Gasteiger partial charge in [0.2, 0.25) is 10.0 Å². The Labute approximate surface area is 116 Å². The van der Waals surface area contributed by atoms with Crippen molar-refractivity contribution in [3.63, 3.8) is 0 Å². The van der Waals surface area contributed by atoms with Crippen LogP contribution in [-0.4, -0.2) is 26.9 Å². The number of sulfonamides is 1. The van der Waals surface area contributed by atoms with Crippen LogP contribution in [0.1, 0.15) is 17.5 Å². The lowest BCUT2D eigenvalue weighted by Crippen LogP contribution is -2.34. The number of hydrogen-bond donors (Lipinski definition) is 1. The van der Waals surface area contributed by atoms with E-state index in [-0.39, 0.29) is 0 Å². The lowest BCUT2D eigenvalue weighted by atomic mass is 10.1. The summed E-state index contributed by atoms with van der Waals surface area (Å²) < 4.78 is 32.7. The third-order valence-corrected chi connectivity index (χ3v) is 5.38. The highest BCUT2D eigenvalue weighted by molar-refractivity contribution is 9.10. The molecule has 1 N–H and O–H groups in total. The van der Waals surface area contributed by atoms with Gasteiger partial charge >= 0.3 is 0 Å². The molecular formula is C12H16BrNO3S. The number of rotatable bonds is 4. The van der Waals surface area contributed by atoms with Crippen LogP contribution in [-0.2, 0) is 21.3 Å². The third-order valence-electron chi connectivity index (χ3n) is 3.10.